The molecular formula is C18H21N3O3S. The van der Waals surface area contributed by atoms with Gasteiger partial charge in [-0.15, -0.1) is 11.8 Å². The smallest absolute Gasteiger partial charge is 0.319 e. The third kappa shape index (κ3) is 4.57. The largest absolute Gasteiger partial charge is 0.459 e. The first-order valence-electron chi connectivity index (χ1n) is 8.20. The van der Waals surface area contributed by atoms with Gasteiger partial charge in [0.1, 0.15) is 0 Å². The number of nitrogens with zero attached hydrogens (tertiary/aromatic N) is 1. The van der Waals surface area contributed by atoms with Gasteiger partial charge in [0.05, 0.1) is 6.26 Å². The van der Waals surface area contributed by atoms with Gasteiger partial charge < -0.3 is 20.0 Å². The molecule has 0 bridgehead atoms. The monoisotopic (exact) mass is 359 g/mol. The zero-order valence-corrected chi connectivity index (χ0v) is 14.8. The molecule has 0 aliphatic carbocycles. The minimum atomic E-state index is -0.255. The second-order valence-corrected chi connectivity index (χ2v) is 6.77. The van der Waals surface area contributed by atoms with Crippen molar-refractivity contribution in [2.24, 2.45) is 0 Å². The van der Waals surface area contributed by atoms with Crippen molar-refractivity contribution in [3.05, 3.63) is 48.4 Å². The molecule has 3 rings (SSSR count). The van der Waals surface area contributed by atoms with E-state index in [0.29, 0.717) is 18.8 Å². The summed E-state index contributed by atoms with van der Waals surface area (Å²) in [5.41, 5.74) is 0.745. The molecule has 1 aromatic heterocycles. The lowest BCUT2D eigenvalue weighted by Gasteiger charge is -2.32. The van der Waals surface area contributed by atoms with Crippen LogP contribution in [-0.2, 0) is 0 Å². The highest BCUT2D eigenvalue weighted by Gasteiger charge is 2.26. The van der Waals surface area contributed by atoms with Crippen molar-refractivity contribution in [3.63, 3.8) is 0 Å². The number of piperidine rings is 1. The van der Waals surface area contributed by atoms with Crippen LogP contribution in [0.1, 0.15) is 23.4 Å². The number of thioether (sulfide) groups is 1. The van der Waals surface area contributed by atoms with Gasteiger partial charge in [0.15, 0.2) is 5.76 Å². The number of hydrogen-bond acceptors (Lipinski definition) is 4. The van der Waals surface area contributed by atoms with Crippen molar-refractivity contribution in [1.82, 2.24) is 10.2 Å². The average molecular weight is 359 g/mol. The molecule has 3 amide bonds. The Bertz CT molecular complexity index is 716. The third-order valence-corrected chi connectivity index (χ3v) is 4.87. The van der Waals surface area contributed by atoms with Crippen LogP contribution in [0, 0.1) is 0 Å². The van der Waals surface area contributed by atoms with E-state index >= 15 is 0 Å². The molecule has 1 aliphatic rings. The van der Waals surface area contributed by atoms with Crippen molar-refractivity contribution in [2.75, 3.05) is 24.7 Å². The molecule has 2 N–H and O–H groups in total. The summed E-state index contributed by atoms with van der Waals surface area (Å²) >= 11 is 1.65. The molecule has 0 unspecified atom stereocenters. The number of benzene rings is 1. The van der Waals surface area contributed by atoms with E-state index in [-0.39, 0.29) is 18.0 Å². The lowest BCUT2D eigenvalue weighted by molar-refractivity contribution is 0.0666. The van der Waals surface area contributed by atoms with Crippen LogP contribution >= 0.6 is 11.8 Å². The van der Waals surface area contributed by atoms with Crippen LogP contribution in [0.3, 0.4) is 0 Å². The Morgan fingerprint density at radius 2 is 2.04 bits per heavy atom. The van der Waals surface area contributed by atoms with Gasteiger partial charge in [-0.1, -0.05) is 0 Å². The van der Waals surface area contributed by atoms with Crippen molar-refractivity contribution < 1.29 is 14.0 Å². The molecule has 0 radical (unpaired) electrons. The lowest BCUT2D eigenvalue weighted by atomic mass is 10.1. The number of rotatable bonds is 4. The molecular weight excluding hydrogens is 338 g/mol. The predicted molar refractivity (Wildman–Crippen MR) is 98.0 cm³/mol. The summed E-state index contributed by atoms with van der Waals surface area (Å²) in [6.45, 7) is 1.16. The van der Waals surface area contributed by atoms with Gasteiger partial charge in [-0.2, -0.15) is 0 Å². The Labute approximate surface area is 151 Å². The highest BCUT2D eigenvalue weighted by molar-refractivity contribution is 7.98. The van der Waals surface area contributed by atoms with E-state index in [1.165, 1.54) is 6.26 Å². The van der Waals surface area contributed by atoms with Crippen molar-refractivity contribution >= 4 is 29.4 Å². The fraction of sp³-hybridized carbons (Fsp3) is 0.333. The first kappa shape index (κ1) is 17.4. The summed E-state index contributed by atoms with van der Waals surface area (Å²) in [6.07, 6.45) is 5.19. The van der Waals surface area contributed by atoms with E-state index in [4.69, 9.17) is 4.42 Å². The summed E-state index contributed by atoms with van der Waals surface area (Å²) in [5.74, 6) is 0.198. The quantitative estimate of drug-likeness (QED) is 0.820. The van der Waals surface area contributed by atoms with Crippen LogP contribution in [0.15, 0.2) is 52.0 Å². The summed E-state index contributed by atoms with van der Waals surface area (Å²) in [6, 6.07) is 10.7. The standard InChI is InChI=1S/C18H21N3O3S/c1-25-15-8-6-13(7-9-15)19-18(23)20-14-4-2-10-21(12-14)17(22)16-5-3-11-24-16/h3,5-9,11,14H,2,4,10,12H2,1H3,(H2,19,20,23)/t14-/m1/s1. The fourth-order valence-electron chi connectivity index (χ4n) is 2.86. The molecule has 1 fully saturated rings. The molecule has 2 aromatic rings. The topological polar surface area (TPSA) is 74.6 Å². The molecule has 1 aromatic carbocycles. The molecule has 0 saturated carbocycles. The summed E-state index contributed by atoms with van der Waals surface area (Å²) in [5, 5.41) is 5.78. The van der Waals surface area contributed by atoms with Gasteiger partial charge in [0.2, 0.25) is 0 Å². The third-order valence-electron chi connectivity index (χ3n) is 4.12. The Morgan fingerprint density at radius 1 is 1.24 bits per heavy atom. The zero-order chi connectivity index (χ0) is 17.6. The van der Waals surface area contributed by atoms with E-state index in [1.54, 1.807) is 28.8 Å². The lowest BCUT2D eigenvalue weighted by Crippen LogP contribution is -2.50. The van der Waals surface area contributed by atoms with Crippen LogP contribution < -0.4 is 10.6 Å². The highest BCUT2D eigenvalue weighted by atomic mass is 32.2. The van der Waals surface area contributed by atoms with E-state index < -0.39 is 0 Å². The second-order valence-electron chi connectivity index (χ2n) is 5.89. The van der Waals surface area contributed by atoms with E-state index in [0.717, 1.165) is 23.4 Å². The molecule has 1 saturated heterocycles. The summed E-state index contributed by atoms with van der Waals surface area (Å²) in [4.78, 5) is 27.4. The Morgan fingerprint density at radius 3 is 2.72 bits per heavy atom. The second kappa shape index (κ2) is 8.11. The first-order chi connectivity index (χ1) is 12.2. The van der Waals surface area contributed by atoms with Crippen molar-refractivity contribution in [1.29, 1.82) is 0 Å². The zero-order valence-electron chi connectivity index (χ0n) is 14.0. The maximum Gasteiger partial charge on any atom is 0.319 e. The van der Waals surface area contributed by atoms with Crippen LogP contribution in [0.25, 0.3) is 0 Å². The molecule has 7 heteroatoms. The average Bonchev–Trinajstić information content (AvgIpc) is 3.16. The number of hydrogen-bond donors (Lipinski definition) is 2. The summed E-state index contributed by atoms with van der Waals surface area (Å²) < 4.78 is 5.17. The number of nitrogens with one attached hydrogen (secondary N) is 2. The van der Waals surface area contributed by atoms with Crippen LogP contribution in [-0.4, -0.2) is 42.2 Å². The number of carbonyl (C=O) groups is 2. The SMILES string of the molecule is CSc1ccc(NC(=O)N[C@@H]2CCCN(C(=O)c3ccco3)C2)cc1. The normalized spacial score (nSPS) is 17.2. The molecule has 132 valence electrons. The number of amides is 3. The number of urea groups is 1. The Balaban J connectivity index is 1.53. The van der Waals surface area contributed by atoms with Gasteiger partial charge in [-0.05, 0) is 55.5 Å². The minimum Gasteiger partial charge on any atom is -0.459 e. The van der Waals surface area contributed by atoms with E-state index in [1.807, 2.05) is 30.5 Å². The van der Waals surface area contributed by atoms with Gasteiger partial charge in [-0.3, -0.25) is 4.79 Å². The summed E-state index contributed by atoms with van der Waals surface area (Å²) in [7, 11) is 0. The van der Waals surface area contributed by atoms with Crippen molar-refractivity contribution in [3.8, 4) is 0 Å². The van der Waals surface area contributed by atoms with E-state index in [2.05, 4.69) is 10.6 Å². The molecule has 1 aliphatic heterocycles. The van der Waals surface area contributed by atoms with Gasteiger partial charge >= 0.3 is 6.03 Å². The minimum absolute atomic E-state index is 0.0712. The van der Waals surface area contributed by atoms with Crippen LogP contribution in [0.5, 0.6) is 0 Å². The maximum absolute atomic E-state index is 12.3. The Hall–Kier alpha value is -2.41. The molecule has 0 spiro atoms. The highest BCUT2D eigenvalue weighted by Crippen LogP contribution is 2.18. The number of furan rings is 1. The molecule has 2 heterocycles. The number of likely N-dealkylation sites (tertiary alicyclic amines) is 1. The predicted octanol–water partition coefficient (Wildman–Crippen LogP) is 3.43. The van der Waals surface area contributed by atoms with Crippen LogP contribution in [0.4, 0.5) is 10.5 Å². The first-order valence-corrected chi connectivity index (χ1v) is 9.42. The van der Waals surface area contributed by atoms with E-state index in [9.17, 15) is 9.59 Å². The number of anilines is 1. The fourth-order valence-corrected chi connectivity index (χ4v) is 3.27. The molecule has 1 atom stereocenters. The Kier molecular flexibility index (Phi) is 5.65. The van der Waals surface area contributed by atoms with Gasteiger partial charge in [-0.25, -0.2) is 4.79 Å². The molecule has 25 heavy (non-hydrogen) atoms. The van der Waals surface area contributed by atoms with Crippen LogP contribution in [0.2, 0.25) is 0 Å². The van der Waals surface area contributed by atoms with Gasteiger partial charge in [0, 0.05) is 29.7 Å². The number of carbonyl (C=O) groups excluding carboxylic acids is 2. The van der Waals surface area contributed by atoms with Gasteiger partial charge in [0.25, 0.3) is 5.91 Å². The van der Waals surface area contributed by atoms with Crippen molar-refractivity contribution in [2.45, 2.75) is 23.8 Å². The maximum atomic E-state index is 12.3. The molecule has 6 nitrogen and oxygen atoms in total.